The van der Waals surface area contributed by atoms with Crippen LogP contribution in [0.5, 0.6) is 0 Å². The predicted molar refractivity (Wildman–Crippen MR) is 73.4 cm³/mol. The number of fused-ring (bicyclic) bond motifs is 1. The van der Waals surface area contributed by atoms with Crippen LogP contribution in [0, 0.1) is 11.3 Å². The molecule has 3 rings (SSSR count). The van der Waals surface area contributed by atoms with Crippen LogP contribution in [0.25, 0.3) is 22.6 Å². The lowest BCUT2D eigenvalue weighted by atomic mass is 10.1. The number of aryl methyl sites for hydroxylation is 1. The number of rotatable bonds is 3. The maximum absolute atomic E-state index is 8.57. The van der Waals surface area contributed by atoms with Crippen LogP contribution in [0.4, 0.5) is 0 Å². The van der Waals surface area contributed by atoms with Crippen molar-refractivity contribution in [2.24, 2.45) is 0 Å². The second-order valence-electron chi connectivity index (χ2n) is 4.34. The Balaban J connectivity index is 1.91. The summed E-state index contributed by atoms with van der Waals surface area (Å²) in [6.45, 7) is 0. The summed E-state index contributed by atoms with van der Waals surface area (Å²) in [5.74, 6) is 0.632. The van der Waals surface area contributed by atoms with Gasteiger partial charge >= 0.3 is 0 Å². The summed E-state index contributed by atoms with van der Waals surface area (Å²) in [5, 5.41) is 8.57. The molecule has 19 heavy (non-hydrogen) atoms. The van der Waals surface area contributed by atoms with Gasteiger partial charge in [0.15, 0.2) is 5.58 Å². The summed E-state index contributed by atoms with van der Waals surface area (Å²) in [4.78, 5) is 4.46. The molecule has 0 saturated carbocycles. The molecule has 1 aromatic heterocycles. The molecular weight excluding hydrogens is 236 g/mol. The first-order valence-corrected chi connectivity index (χ1v) is 6.18. The standard InChI is InChI=1S/C16H12N2O/c17-11-3-4-12-7-9-13(10-8-12)16-18-14-5-1-2-6-15(14)19-16/h1-2,5-10H,3-4H2. The first-order chi connectivity index (χ1) is 9.36. The molecule has 0 N–H and O–H groups in total. The van der Waals surface area contributed by atoms with E-state index in [4.69, 9.17) is 9.68 Å². The highest BCUT2D eigenvalue weighted by molar-refractivity contribution is 5.75. The normalized spacial score (nSPS) is 10.5. The topological polar surface area (TPSA) is 49.8 Å². The molecule has 3 heteroatoms. The van der Waals surface area contributed by atoms with E-state index in [0.717, 1.165) is 28.6 Å². The minimum absolute atomic E-state index is 0.544. The van der Waals surface area contributed by atoms with Crippen LogP contribution in [0.3, 0.4) is 0 Å². The Kier molecular flexibility index (Phi) is 2.99. The number of oxazole rings is 1. The fourth-order valence-corrected chi connectivity index (χ4v) is 2.01. The van der Waals surface area contributed by atoms with Gasteiger partial charge in [0.2, 0.25) is 5.89 Å². The zero-order valence-corrected chi connectivity index (χ0v) is 10.3. The van der Waals surface area contributed by atoms with Crippen LogP contribution in [-0.2, 0) is 6.42 Å². The number of nitriles is 1. The van der Waals surface area contributed by atoms with Gasteiger partial charge in [-0.05, 0) is 36.2 Å². The van der Waals surface area contributed by atoms with Crippen molar-refractivity contribution >= 4 is 11.1 Å². The molecule has 0 unspecified atom stereocenters. The van der Waals surface area contributed by atoms with Gasteiger partial charge in [-0.3, -0.25) is 0 Å². The molecule has 0 radical (unpaired) electrons. The molecule has 0 saturated heterocycles. The van der Waals surface area contributed by atoms with Gasteiger partial charge < -0.3 is 4.42 Å². The molecule has 0 aliphatic carbocycles. The second-order valence-corrected chi connectivity index (χ2v) is 4.34. The molecule has 3 aromatic rings. The third-order valence-corrected chi connectivity index (χ3v) is 3.02. The minimum atomic E-state index is 0.544. The van der Waals surface area contributed by atoms with Crippen LogP contribution in [-0.4, -0.2) is 4.98 Å². The highest BCUT2D eigenvalue weighted by Crippen LogP contribution is 2.24. The van der Waals surface area contributed by atoms with Crippen molar-refractivity contribution in [1.82, 2.24) is 4.98 Å². The summed E-state index contributed by atoms with van der Waals surface area (Å²) in [7, 11) is 0. The Morgan fingerprint density at radius 3 is 2.58 bits per heavy atom. The molecule has 0 bridgehead atoms. The predicted octanol–water partition coefficient (Wildman–Crippen LogP) is 3.95. The Morgan fingerprint density at radius 2 is 1.84 bits per heavy atom. The monoisotopic (exact) mass is 248 g/mol. The minimum Gasteiger partial charge on any atom is -0.436 e. The number of hydrogen-bond donors (Lipinski definition) is 0. The highest BCUT2D eigenvalue weighted by Gasteiger charge is 2.07. The zero-order chi connectivity index (χ0) is 13.1. The molecule has 0 fully saturated rings. The number of nitrogens with zero attached hydrogens (tertiary/aromatic N) is 2. The van der Waals surface area contributed by atoms with E-state index in [1.807, 2.05) is 48.5 Å². The number of aromatic nitrogens is 1. The lowest BCUT2D eigenvalue weighted by molar-refractivity contribution is 0.620. The Labute approximate surface area is 111 Å². The van der Waals surface area contributed by atoms with Crippen LogP contribution < -0.4 is 0 Å². The number of para-hydroxylation sites is 2. The summed E-state index contributed by atoms with van der Waals surface area (Å²) < 4.78 is 5.71. The van der Waals surface area contributed by atoms with Crippen molar-refractivity contribution in [1.29, 1.82) is 5.26 Å². The van der Waals surface area contributed by atoms with Gasteiger partial charge in [0.05, 0.1) is 6.07 Å². The second kappa shape index (κ2) is 4.95. The average molecular weight is 248 g/mol. The van der Waals surface area contributed by atoms with Crippen molar-refractivity contribution in [2.45, 2.75) is 12.8 Å². The largest absolute Gasteiger partial charge is 0.436 e. The van der Waals surface area contributed by atoms with Gasteiger partial charge in [-0.15, -0.1) is 0 Å². The van der Waals surface area contributed by atoms with Gasteiger partial charge in [-0.2, -0.15) is 5.26 Å². The molecule has 3 nitrogen and oxygen atoms in total. The average Bonchev–Trinajstić information content (AvgIpc) is 2.89. The van der Waals surface area contributed by atoms with Crippen molar-refractivity contribution in [3.63, 3.8) is 0 Å². The molecule has 0 aliphatic rings. The quantitative estimate of drug-likeness (QED) is 0.705. The first-order valence-electron chi connectivity index (χ1n) is 6.18. The molecule has 2 aromatic carbocycles. The third-order valence-electron chi connectivity index (χ3n) is 3.02. The molecule has 0 atom stereocenters. The van der Waals surface area contributed by atoms with Gasteiger partial charge in [0, 0.05) is 12.0 Å². The van der Waals surface area contributed by atoms with E-state index in [9.17, 15) is 0 Å². The Morgan fingerprint density at radius 1 is 1.05 bits per heavy atom. The van der Waals surface area contributed by atoms with Crippen LogP contribution in [0.2, 0.25) is 0 Å². The SMILES string of the molecule is N#CCCc1ccc(-c2nc3ccccc3o2)cc1. The third kappa shape index (κ3) is 2.34. The van der Waals surface area contributed by atoms with E-state index in [1.165, 1.54) is 0 Å². The number of hydrogen-bond acceptors (Lipinski definition) is 3. The van der Waals surface area contributed by atoms with Crippen molar-refractivity contribution < 1.29 is 4.42 Å². The van der Waals surface area contributed by atoms with E-state index in [2.05, 4.69) is 11.1 Å². The molecule has 1 heterocycles. The van der Waals surface area contributed by atoms with Crippen molar-refractivity contribution in [3.8, 4) is 17.5 Å². The number of benzene rings is 2. The molecule has 0 amide bonds. The van der Waals surface area contributed by atoms with Crippen LogP contribution >= 0.6 is 0 Å². The highest BCUT2D eigenvalue weighted by atomic mass is 16.3. The fourth-order valence-electron chi connectivity index (χ4n) is 2.01. The van der Waals surface area contributed by atoms with E-state index in [-0.39, 0.29) is 0 Å². The lowest BCUT2D eigenvalue weighted by Crippen LogP contribution is -1.84. The maximum atomic E-state index is 8.57. The fraction of sp³-hybridized carbons (Fsp3) is 0.125. The maximum Gasteiger partial charge on any atom is 0.227 e. The Bertz CT molecular complexity index is 702. The van der Waals surface area contributed by atoms with Gasteiger partial charge in [-0.25, -0.2) is 4.98 Å². The van der Waals surface area contributed by atoms with Crippen LogP contribution in [0.15, 0.2) is 52.9 Å². The smallest absolute Gasteiger partial charge is 0.227 e. The summed E-state index contributed by atoms with van der Waals surface area (Å²) in [6.07, 6.45) is 1.33. The van der Waals surface area contributed by atoms with Crippen molar-refractivity contribution in [2.75, 3.05) is 0 Å². The van der Waals surface area contributed by atoms with E-state index in [1.54, 1.807) is 0 Å². The summed E-state index contributed by atoms with van der Waals surface area (Å²) >= 11 is 0. The van der Waals surface area contributed by atoms with Gasteiger partial charge in [0.25, 0.3) is 0 Å². The molecule has 0 spiro atoms. The van der Waals surface area contributed by atoms with Gasteiger partial charge in [0.1, 0.15) is 5.52 Å². The lowest BCUT2D eigenvalue weighted by Gasteiger charge is -1.98. The summed E-state index contributed by atoms with van der Waals surface area (Å²) in [6, 6.07) is 17.9. The molecule has 0 aliphatic heterocycles. The molecular formula is C16H12N2O. The van der Waals surface area contributed by atoms with E-state index in [0.29, 0.717) is 12.3 Å². The Hall–Kier alpha value is -2.60. The van der Waals surface area contributed by atoms with Crippen molar-refractivity contribution in [3.05, 3.63) is 54.1 Å². The molecule has 92 valence electrons. The van der Waals surface area contributed by atoms with Crippen LogP contribution in [0.1, 0.15) is 12.0 Å². The van der Waals surface area contributed by atoms with E-state index < -0.39 is 0 Å². The summed E-state index contributed by atoms with van der Waals surface area (Å²) in [5.41, 5.74) is 3.77. The zero-order valence-electron chi connectivity index (χ0n) is 10.3. The van der Waals surface area contributed by atoms with Gasteiger partial charge in [-0.1, -0.05) is 24.3 Å². The van der Waals surface area contributed by atoms with E-state index >= 15 is 0 Å². The first kappa shape index (κ1) is 11.5.